The van der Waals surface area contributed by atoms with Crippen LogP contribution < -0.4 is 4.74 Å². The van der Waals surface area contributed by atoms with Gasteiger partial charge in [0.25, 0.3) is 0 Å². The van der Waals surface area contributed by atoms with Crippen molar-refractivity contribution in [3.8, 4) is 5.75 Å². The van der Waals surface area contributed by atoms with Crippen LogP contribution in [0.25, 0.3) is 16.8 Å². The third-order valence-corrected chi connectivity index (χ3v) is 7.81. The number of carbonyl (C=O) groups excluding carboxylic acids is 1. The van der Waals surface area contributed by atoms with E-state index in [-0.39, 0.29) is 10.8 Å². The maximum atomic E-state index is 13.1. The monoisotopic (exact) mass is 396 g/mol. The molecule has 0 amide bonds. The largest absolute Gasteiger partial charge is 0.488 e. The van der Waals surface area contributed by atoms with E-state index >= 15 is 0 Å². The molecule has 5 rings (SSSR count). The first-order valence-corrected chi connectivity index (χ1v) is 10.9. The zero-order valence-corrected chi connectivity index (χ0v) is 17.9. The van der Waals surface area contributed by atoms with Gasteiger partial charge in [0, 0.05) is 10.8 Å². The normalized spacial score (nSPS) is 25.9. The lowest BCUT2D eigenvalue weighted by Gasteiger charge is -2.31. The minimum atomic E-state index is -0.199. The fourth-order valence-corrected chi connectivity index (χ4v) is 5.47. The lowest BCUT2D eigenvalue weighted by molar-refractivity contribution is -0.125. The van der Waals surface area contributed by atoms with Crippen molar-refractivity contribution in [1.29, 1.82) is 0 Å². The summed E-state index contributed by atoms with van der Waals surface area (Å²) in [4.78, 5) is 13.1. The Balaban J connectivity index is 1.33. The highest BCUT2D eigenvalue weighted by molar-refractivity contribution is 6.07. The topological polar surface area (TPSA) is 26.3 Å². The Morgan fingerprint density at radius 2 is 1.70 bits per heavy atom. The van der Waals surface area contributed by atoms with Gasteiger partial charge in [0.05, 0.1) is 0 Å². The number of hydrogen-bond donors (Lipinski definition) is 0. The van der Waals surface area contributed by atoms with Crippen LogP contribution in [0.5, 0.6) is 5.75 Å². The van der Waals surface area contributed by atoms with Crippen LogP contribution in [-0.4, -0.2) is 5.78 Å². The van der Waals surface area contributed by atoms with Gasteiger partial charge < -0.3 is 4.74 Å². The van der Waals surface area contributed by atoms with Crippen molar-refractivity contribution in [2.75, 3.05) is 0 Å². The molecule has 0 spiro atoms. The molecule has 2 saturated carbocycles. The average Bonchev–Trinajstić information content (AvgIpc) is 3.07. The number of fused-ring (bicyclic) bond motifs is 3. The molecule has 2 bridgehead atoms. The van der Waals surface area contributed by atoms with Gasteiger partial charge in [0.1, 0.15) is 12.4 Å². The molecule has 0 saturated heterocycles. The number of carbonyl (C=O) groups is 1. The molecule has 3 aromatic carbocycles. The van der Waals surface area contributed by atoms with Crippen LogP contribution in [0.3, 0.4) is 0 Å². The van der Waals surface area contributed by atoms with Gasteiger partial charge in [-0.25, -0.2) is 0 Å². The van der Waals surface area contributed by atoms with E-state index in [0.29, 0.717) is 18.3 Å². The standard InChI is InChI=1S/C28H28O2/c1-27(2)24-15-16-28(27,3)26(29)23(24)17-19-11-13-20(14-12-19)18-30-25-10-6-8-21-7-4-5-9-22(21)25/h4-14,17,24H,15-16,18H2,1-3H3. The molecule has 2 aliphatic carbocycles. The van der Waals surface area contributed by atoms with Crippen molar-refractivity contribution in [2.45, 2.75) is 40.2 Å². The van der Waals surface area contributed by atoms with Crippen LogP contribution in [0, 0.1) is 16.7 Å². The third-order valence-electron chi connectivity index (χ3n) is 7.81. The molecule has 2 aliphatic rings. The molecular weight excluding hydrogens is 368 g/mol. The zero-order valence-electron chi connectivity index (χ0n) is 17.9. The molecule has 0 radical (unpaired) electrons. The molecule has 0 heterocycles. The molecule has 152 valence electrons. The maximum absolute atomic E-state index is 13.1. The Bertz CT molecular complexity index is 1150. The molecule has 0 aliphatic heterocycles. The second kappa shape index (κ2) is 6.84. The minimum Gasteiger partial charge on any atom is -0.488 e. The van der Waals surface area contributed by atoms with E-state index in [1.165, 1.54) is 5.39 Å². The number of ether oxygens (including phenoxy) is 1. The van der Waals surface area contributed by atoms with Crippen molar-refractivity contribution in [2.24, 2.45) is 16.7 Å². The SMILES string of the molecule is CC12CCC(C(=Cc3ccc(COc4cccc5ccccc45)cc3)C1=O)C2(C)C. The van der Waals surface area contributed by atoms with Crippen LogP contribution in [-0.2, 0) is 11.4 Å². The van der Waals surface area contributed by atoms with Crippen molar-refractivity contribution in [1.82, 2.24) is 0 Å². The molecular formula is C28H28O2. The van der Waals surface area contributed by atoms with Gasteiger partial charge in [0.2, 0.25) is 0 Å². The van der Waals surface area contributed by atoms with Crippen molar-refractivity contribution >= 4 is 22.6 Å². The van der Waals surface area contributed by atoms with Crippen LogP contribution >= 0.6 is 0 Å². The van der Waals surface area contributed by atoms with E-state index in [1.807, 2.05) is 24.3 Å². The fourth-order valence-electron chi connectivity index (χ4n) is 5.47. The molecule has 2 fully saturated rings. The van der Waals surface area contributed by atoms with Gasteiger partial charge in [-0.3, -0.25) is 4.79 Å². The predicted molar refractivity (Wildman–Crippen MR) is 122 cm³/mol. The first kappa shape index (κ1) is 19.1. The number of benzene rings is 3. The lowest BCUT2D eigenvalue weighted by atomic mass is 9.70. The summed E-state index contributed by atoms with van der Waals surface area (Å²) in [5, 5.41) is 2.32. The van der Waals surface area contributed by atoms with Crippen LogP contribution in [0.15, 0.2) is 72.3 Å². The molecule has 2 atom stereocenters. The van der Waals surface area contributed by atoms with E-state index < -0.39 is 0 Å². The highest BCUT2D eigenvalue weighted by Crippen LogP contribution is 2.65. The highest BCUT2D eigenvalue weighted by Gasteiger charge is 2.63. The quantitative estimate of drug-likeness (QED) is 0.452. The van der Waals surface area contributed by atoms with Crippen molar-refractivity contribution in [3.63, 3.8) is 0 Å². The van der Waals surface area contributed by atoms with Gasteiger partial charge in [-0.05, 0) is 58.4 Å². The molecule has 30 heavy (non-hydrogen) atoms. The molecule has 2 nitrogen and oxygen atoms in total. The first-order chi connectivity index (χ1) is 14.4. The number of Topliss-reactive ketones (excluding diaryl/α,β-unsaturated/α-hetero) is 1. The summed E-state index contributed by atoms with van der Waals surface area (Å²) >= 11 is 0. The van der Waals surface area contributed by atoms with E-state index in [0.717, 1.165) is 40.7 Å². The Morgan fingerprint density at radius 3 is 2.43 bits per heavy atom. The summed E-state index contributed by atoms with van der Waals surface area (Å²) in [6, 6.07) is 22.8. The van der Waals surface area contributed by atoms with Crippen molar-refractivity contribution < 1.29 is 9.53 Å². The number of hydrogen-bond acceptors (Lipinski definition) is 2. The fraction of sp³-hybridized carbons (Fsp3) is 0.321. The Labute approximate surface area is 178 Å². The molecule has 0 aromatic heterocycles. The predicted octanol–water partition coefficient (Wildman–Crippen LogP) is 6.83. The lowest BCUT2D eigenvalue weighted by Crippen LogP contribution is -2.32. The molecule has 2 unspecified atom stereocenters. The average molecular weight is 397 g/mol. The minimum absolute atomic E-state index is 0.0577. The number of allylic oxidation sites excluding steroid dienone is 1. The van der Waals surface area contributed by atoms with Crippen LogP contribution in [0.4, 0.5) is 0 Å². The van der Waals surface area contributed by atoms with Gasteiger partial charge in [-0.15, -0.1) is 0 Å². The zero-order chi connectivity index (χ0) is 20.9. The van der Waals surface area contributed by atoms with Gasteiger partial charge >= 0.3 is 0 Å². The maximum Gasteiger partial charge on any atom is 0.165 e. The second-order valence-corrected chi connectivity index (χ2v) is 9.58. The second-order valence-electron chi connectivity index (χ2n) is 9.58. The third kappa shape index (κ3) is 2.81. The number of ketones is 1. The smallest absolute Gasteiger partial charge is 0.165 e. The van der Waals surface area contributed by atoms with Crippen LogP contribution in [0.1, 0.15) is 44.7 Å². The molecule has 2 heteroatoms. The summed E-state index contributed by atoms with van der Waals surface area (Å²) in [5.41, 5.74) is 3.10. The number of rotatable bonds is 4. The summed E-state index contributed by atoms with van der Waals surface area (Å²) in [6.45, 7) is 7.20. The van der Waals surface area contributed by atoms with E-state index in [2.05, 4.69) is 69.3 Å². The van der Waals surface area contributed by atoms with Gasteiger partial charge in [0.15, 0.2) is 5.78 Å². The van der Waals surface area contributed by atoms with E-state index in [1.54, 1.807) is 0 Å². The first-order valence-electron chi connectivity index (χ1n) is 10.9. The Kier molecular flexibility index (Phi) is 4.36. The van der Waals surface area contributed by atoms with Crippen LogP contribution in [0.2, 0.25) is 0 Å². The molecule has 0 N–H and O–H groups in total. The van der Waals surface area contributed by atoms with Gasteiger partial charge in [-0.1, -0.05) is 81.4 Å². The summed E-state index contributed by atoms with van der Waals surface area (Å²) < 4.78 is 6.11. The summed E-state index contributed by atoms with van der Waals surface area (Å²) in [6.07, 6.45) is 4.26. The van der Waals surface area contributed by atoms with Crippen molar-refractivity contribution in [3.05, 3.63) is 83.4 Å². The van der Waals surface area contributed by atoms with E-state index in [9.17, 15) is 4.79 Å². The Hall–Kier alpha value is -2.87. The highest BCUT2D eigenvalue weighted by atomic mass is 16.5. The Morgan fingerprint density at radius 1 is 0.967 bits per heavy atom. The molecule has 3 aromatic rings. The van der Waals surface area contributed by atoms with E-state index in [4.69, 9.17) is 4.74 Å². The van der Waals surface area contributed by atoms with Gasteiger partial charge in [-0.2, -0.15) is 0 Å². The summed E-state index contributed by atoms with van der Waals surface area (Å²) in [5.74, 6) is 1.64. The summed E-state index contributed by atoms with van der Waals surface area (Å²) in [7, 11) is 0.